The van der Waals surface area contributed by atoms with Crippen molar-refractivity contribution in [3.05, 3.63) is 0 Å². The molecule has 0 radical (unpaired) electrons. The first-order chi connectivity index (χ1) is 9.79. The van der Waals surface area contributed by atoms with Crippen molar-refractivity contribution in [3.63, 3.8) is 0 Å². The van der Waals surface area contributed by atoms with Crippen LogP contribution < -0.4 is 5.32 Å². The minimum Gasteiger partial charge on any atom is -0.480 e. The topological polar surface area (TPSA) is 69.6 Å². The van der Waals surface area contributed by atoms with Crippen LogP contribution in [0.5, 0.6) is 0 Å². The van der Waals surface area contributed by atoms with Gasteiger partial charge in [0.05, 0.1) is 6.54 Å². The summed E-state index contributed by atoms with van der Waals surface area (Å²) < 4.78 is 0. The number of carbonyl (C=O) groups is 2. The second-order valence-electron chi connectivity index (χ2n) is 7.45. The standard InChI is InChI=1S/C16H28N2O3/c1-16(2,3)17-10-14(19)18-12-7-5-4-6-11(12)8-9-13(18)15(20)21/h11-13,17H,4-10H2,1-3H3,(H,20,21). The van der Waals surface area contributed by atoms with E-state index in [9.17, 15) is 14.7 Å². The van der Waals surface area contributed by atoms with Crippen molar-refractivity contribution < 1.29 is 14.7 Å². The Hall–Kier alpha value is -1.10. The van der Waals surface area contributed by atoms with Crippen LogP contribution in [0.25, 0.3) is 0 Å². The van der Waals surface area contributed by atoms with E-state index >= 15 is 0 Å². The number of carbonyl (C=O) groups excluding carboxylic acids is 1. The zero-order valence-corrected chi connectivity index (χ0v) is 13.4. The van der Waals surface area contributed by atoms with Gasteiger partial charge >= 0.3 is 5.97 Å². The monoisotopic (exact) mass is 296 g/mol. The fourth-order valence-corrected chi connectivity index (χ4v) is 3.67. The van der Waals surface area contributed by atoms with Crippen molar-refractivity contribution in [2.24, 2.45) is 5.92 Å². The van der Waals surface area contributed by atoms with Gasteiger partial charge in [0.15, 0.2) is 0 Å². The van der Waals surface area contributed by atoms with E-state index in [1.165, 1.54) is 6.42 Å². The molecule has 1 aliphatic carbocycles. The number of nitrogens with one attached hydrogen (secondary N) is 1. The predicted molar refractivity (Wildman–Crippen MR) is 81.0 cm³/mol. The highest BCUT2D eigenvalue weighted by Crippen LogP contribution is 2.37. The average Bonchev–Trinajstić information content (AvgIpc) is 2.42. The van der Waals surface area contributed by atoms with Crippen LogP contribution in [0.4, 0.5) is 0 Å². The summed E-state index contributed by atoms with van der Waals surface area (Å²) in [6.07, 6.45) is 5.93. The molecule has 3 unspecified atom stereocenters. The second kappa shape index (κ2) is 6.34. The molecule has 0 aromatic heterocycles. The van der Waals surface area contributed by atoms with Gasteiger partial charge in [-0.2, -0.15) is 0 Å². The average molecular weight is 296 g/mol. The number of piperidine rings is 1. The molecule has 0 spiro atoms. The summed E-state index contributed by atoms with van der Waals surface area (Å²) in [5.74, 6) is -0.426. The minimum absolute atomic E-state index is 0.0612. The Kier molecular flexibility index (Phi) is 4.91. The van der Waals surface area contributed by atoms with Crippen LogP contribution >= 0.6 is 0 Å². The molecule has 2 aliphatic rings. The highest BCUT2D eigenvalue weighted by Gasteiger charge is 2.43. The third kappa shape index (κ3) is 3.96. The van der Waals surface area contributed by atoms with Gasteiger partial charge in [-0.05, 0) is 52.4 Å². The highest BCUT2D eigenvalue weighted by molar-refractivity contribution is 5.85. The van der Waals surface area contributed by atoms with Gasteiger partial charge in [-0.15, -0.1) is 0 Å². The zero-order valence-electron chi connectivity index (χ0n) is 13.4. The Morgan fingerprint density at radius 3 is 2.43 bits per heavy atom. The number of rotatable bonds is 3. The quantitative estimate of drug-likeness (QED) is 0.836. The molecule has 120 valence electrons. The molecule has 5 heteroatoms. The minimum atomic E-state index is -0.858. The predicted octanol–water partition coefficient (Wildman–Crippen LogP) is 2.01. The Labute approximate surface area is 127 Å². The number of hydrogen-bond acceptors (Lipinski definition) is 3. The molecule has 2 N–H and O–H groups in total. The van der Waals surface area contributed by atoms with Gasteiger partial charge in [-0.3, -0.25) is 4.79 Å². The molecular weight excluding hydrogens is 268 g/mol. The van der Waals surface area contributed by atoms with Crippen molar-refractivity contribution >= 4 is 11.9 Å². The van der Waals surface area contributed by atoms with E-state index in [4.69, 9.17) is 0 Å². The number of carboxylic acid groups (broad SMARTS) is 1. The number of aliphatic carboxylic acids is 1. The van der Waals surface area contributed by atoms with Gasteiger partial charge in [0.1, 0.15) is 6.04 Å². The smallest absolute Gasteiger partial charge is 0.326 e. The Morgan fingerprint density at radius 2 is 1.81 bits per heavy atom. The maximum atomic E-state index is 12.6. The molecular formula is C16H28N2O3. The van der Waals surface area contributed by atoms with E-state index in [-0.39, 0.29) is 24.0 Å². The molecule has 0 aromatic rings. The summed E-state index contributed by atoms with van der Waals surface area (Å²) in [6, 6.07) is -0.513. The highest BCUT2D eigenvalue weighted by atomic mass is 16.4. The van der Waals surface area contributed by atoms with E-state index in [1.54, 1.807) is 4.90 Å². The fourth-order valence-electron chi connectivity index (χ4n) is 3.67. The van der Waals surface area contributed by atoms with E-state index < -0.39 is 12.0 Å². The van der Waals surface area contributed by atoms with E-state index in [0.29, 0.717) is 12.3 Å². The molecule has 3 atom stereocenters. The Bertz CT molecular complexity index is 403. The number of likely N-dealkylation sites (tertiary alicyclic amines) is 1. The van der Waals surface area contributed by atoms with Gasteiger partial charge in [-0.25, -0.2) is 4.79 Å². The number of nitrogens with zero attached hydrogens (tertiary/aromatic N) is 1. The van der Waals surface area contributed by atoms with Crippen LogP contribution in [-0.4, -0.2) is 46.1 Å². The summed E-state index contributed by atoms with van der Waals surface area (Å²) in [7, 11) is 0. The summed E-state index contributed by atoms with van der Waals surface area (Å²) in [5, 5.41) is 12.7. The summed E-state index contributed by atoms with van der Waals surface area (Å²) in [4.78, 5) is 25.8. The molecule has 0 aromatic carbocycles. The van der Waals surface area contributed by atoms with Crippen LogP contribution in [0.1, 0.15) is 59.3 Å². The molecule has 2 fully saturated rings. The molecule has 1 saturated carbocycles. The maximum absolute atomic E-state index is 12.6. The second-order valence-corrected chi connectivity index (χ2v) is 7.45. The number of carboxylic acids is 1. The van der Waals surface area contributed by atoms with Gasteiger partial charge in [0.25, 0.3) is 0 Å². The van der Waals surface area contributed by atoms with Crippen LogP contribution in [-0.2, 0) is 9.59 Å². The molecule has 1 heterocycles. The van der Waals surface area contributed by atoms with Crippen molar-refractivity contribution in [1.29, 1.82) is 0 Å². The van der Waals surface area contributed by atoms with Crippen LogP contribution in [0.2, 0.25) is 0 Å². The number of hydrogen-bond donors (Lipinski definition) is 2. The molecule has 21 heavy (non-hydrogen) atoms. The van der Waals surface area contributed by atoms with Crippen molar-refractivity contribution in [2.75, 3.05) is 6.54 Å². The van der Waals surface area contributed by atoms with Gasteiger partial charge in [0.2, 0.25) is 5.91 Å². The Balaban J connectivity index is 2.12. The van der Waals surface area contributed by atoms with Crippen LogP contribution in [0.3, 0.4) is 0 Å². The summed E-state index contributed by atoms with van der Waals surface area (Å²) in [5.41, 5.74) is -0.143. The maximum Gasteiger partial charge on any atom is 0.326 e. The lowest BCUT2D eigenvalue weighted by molar-refractivity contribution is -0.157. The zero-order chi connectivity index (χ0) is 15.6. The summed E-state index contributed by atoms with van der Waals surface area (Å²) >= 11 is 0. The lowest BCUT2D eigenvalue weighted by Gasteiger charge is -2.47. The fraction of sp³-hybridized carbons (Fsp3) is 0.875. The number of fused-ring (bicyclic) bond motifs is 1. The normalized spacial score (nSPS) is 29.9. The van der Waals surface area contributed by atoms with Crippen molar-refractivity contribution in [1.82, 2.24) is 10.2 Å². The molecule has 1 saturated heterocycles. The first-order valence-electron chi connectivity index (χ1n) is 8.08. The van der Waals surface area contributed by atoms with Gasteiger partial charge in [0, 0.05) is 11.6 Å². The molecule has 5 nitrogen and oxygen atoms in total. The van der Waals surface area contributed by atoms with Crippen LogP contribution in [0, 0.1) is 5.92 Å². The SMILES string of the molecule is CC(C)(C)NCC(=O)N1C(C(=O)O)CCC2CCCCC21. The lowest BCUT2D eigenvalue weighted by atomic mass is 9.76. The van der Waals surface area contributed by atoms with Crippen LogP contribution in [0.15, 0.2) is 0 Å². The third-order valence-corrected chi connectivity index (χ3v) is 4.72. The Morgan fingerprint density at radius 1 is 1.14 bits per heavy atom. The molecule has 1 amide bonds. The molecule has 0 bridgehead atoms. The summed E-state index contributed by atoms with van der Waals surface area (Å²) in [6.45, 7) is 6.24. The first-order valence-corrected chi connectivity index (χ1v) is 8.08. The number of amides is 1. The van der Waals surface area contributed by atoms with Gasteiger partial charge < -0.3 is 15.3 Å². The van der Waals surface area contributed by atoms with E-state index in [2.05, 4.69) is 5.32 Å². The largest absolute Gasteiger partial charge is 0.480 e. The van der Waals surface area contributed by atoms with Crippen molar-refractivity contribution in [3.8, 4) is 0 Å². The third-order valence-electron chi connectivity index (χ3n) is 4.72. The van der Waals surface area contributed by atoms with E-state index in [0.717, 1.165) is 25.7 Å². The van der Waals surface area contributed by atoms with E-state index in [1.807, 2.05) is 20.8 Å². The first kappa shape index (κ1) is 16.3. The van der Waals surface area contributed by atoms with Gasteiger partial charge in [-0.1, -0.05) is 12.8 Å². The lowest BCUT2D eigenvalue weighted by Crippen LogP contribution is -2.59. The molecule has 2 rings (SSSR count). The van der Waals surface area contributed by atoms with Crippen molar-refractivity contribution in [2.45, 2.75) is 76.9 Å². The molecule has 1 aliphatic heterocycles.